The number of carbonyl (C=O) groups is 2. The van der Waals surface area contributed by atoms with Crippen LogP contribution < -0.4 is 5.73 Å². The van der Waals surface area contributed by atoms with E-state index in [1.165, 1.54) is 4.90 Å². The van der Waals surface area contributed by atoms with Gasteiger partial charge in [0, 0.05) is 13.1 Å². The van der Waals surface area contributed by atoms with Crippen molar-refractivity contribution in [1.29, 1.82) is 0 Å². The molecule has 0 radical (unpaired) electrons. The molecule has 3 N–H and O–H groups in total. The van der Waals surface area contributed by atoms with Crippen molar-refractivity contribution >= 4 is 11.9 Å². The van der Waals surface area contributed by atoms with Crippen LogP contribution in [0.4, 0.5) is 0 Å². The molecule has 0 heterocycles. The van der Waals surface area contributed by atoms with Crippen molar-refractivity contribution < 1.29 is 14.7 Å². The topological polar surface area (TPSA) is 83.6 Å². The number of carbonyl (C=O) groups excluding carboxylic acids is 1. The van der Waals surface area contributed by atoms with Gasteiger partial charge in [-0.3, -0.25) is 9.59 Å². The molecule has 0 saturated heterocycles. The molecule has 0 aromatic rings. The van der Waals surface area contributed by atoms with Crippen LogP contribution in [0, 0.1) is 5.41 Å². The zero-order valence-electron chi connectivity index (χ0n) is 10.5. The van der Waals surface area contributed by atoms with E-state index in [-0.39, 0.29) is 24.3 Å². The van der Waals surface area contributed by atoms with Gasteiger partial charge in [-0.1, -0.05) is 20.8 Å². The second kappa shape index (κ2) is 5.84. The molecule has 0 aliphatic heterocycles. The fourth-order valence-corrected chi connectivity index (χ4v) is 1.22. The van der Waals surface area contributed by atoms with Crippen LogP contribution in [0.3, 0.4) is 0 Å². The Morgan fingerprint density at radius 2 is 1.88 bits per heavy atom. The van der Waals surface area contributed by atoms with E-state index in [9.17, 15) is 9.59 Å². The van der Waals surface area contributed by atoms with Crippen molar-refractivity contribution in [3.63, 3.8) is 0 Å². The minimum Gasteiger partial charge on any atom is -0.481 e. The maximum atomic E-state index is 11.9. The molecule has 1 atom stereocenters. The Morgan fingerprint density at radius 3 is 2.19 bits per heavy atom. The highest BCUT2D eigenvalue weighted by atomic mass is 16.4. The molecule has 0 aliphatic rings. The van der Waals surface area contributed by atoms with Crippen LogP contribution >= 0.6 is 0 Å². The number of hydrogen-bond acceptors (Lipinski definition) is 3. The van der Waals surface area contributed by atoms with E-state index in [2.05, 4.69) is 0 Å². The number of nitrogens with two attached hydrogens (primary N) is 1. The van der Waals surface area contributed by atoms with E-state index in [0.717, 1.165) is 0 Å². The van der Waals surface area contributed by atoms with Gasteiger partial charge in [0.1, 0.15) is 0 Å². The van der Waals surface area contributed by atoms with E-state index in [0.29, 0.717) is 6.54 Å². The molecular formula is C11H22N2O3. The van der Waals surface area contributed by atoms with Gasteiger partial charge in [0.25, 0.3) is 0 Å². The third kappa shape index (κ3) is 4.61. The summed E-state index contributed by atoms with van der Waals surface area (Å²) in [5.74, 6) is -1.09. The van der Waals surface area contributed by atoms with Crippen molar-refractivity contribution in [2.24, 2.45) is 11.1 Å². The van der Waals surface area contributed by atoms with E-state index in [1.807, 2.05) is 27.7 Å². The summed E-state index contributed by atoms with van der Waals surface area (Å²) in [4.78, 5) is 23.9. The zero-order chi connectivity index (χ0) is 12.9. The summed E-state index contributed by atoms with van der Waals surface area (Å²) in [5.41, 5.74) is 5.53. The Morgan fingerprint density at radius 1 is 1.38 bits per heavy atom. The second-order valence-electron chi connectivity index (χ2n) is 4.91. The molecule has 0 aromatic heterocycles. The molecule has 1 amide bonds. The second-order valence-corrected chi connectivity index (χ2v) is 4.91. The Bertz CT molecular complexity index is 258. The lowest BCUT2D eigenvalue weighted by Crippen LogP contribution is -2.50. The van der Waals surface area contributed by atoms with Crippen LogP contribution in [0.15, 0.2) is 0 Å². The van der Waals surface area contributed by atoms with E-state index in [4.69, 9.17) is 10.8 Å². The molecule has 0 unspecified atom stereocenters. The van der Waals surface area contributed by atoms with Gasteiger partial charge in [-0.25, -0.2) is 0 Å². The number of hydrogen-bond donors (Lipinski definition) is 2. The smallest absolute Gasteiger partial charge is 0.305 e. The van der Waals surface area contributed by atoms with Gasteiger partial charge in [-0.2, -0.15) is 0 Å². The minimum absolute atomic E-state index is 0.0452. The van der Waals surface area contributed by atoms with Crippen LogP contribution in [-0.2, 0) is 9.59 Å². The van der Waals surface area contributed by atoms with Crippen molar-refractivity contribution in [2.45, 2.75) is 40.2 Å². The van der Waals surface area contributed by atoms with Gasteiger partial charge in [0.05, 0.1) is 12.5 Å². The minimum atomic E-state index is -0.907. The van der Waals surface area contributed by atoms with Gasteiger partial charge in [0.15, 0.2) is 0 Å². The maximum Gasteiger partial charge on any atom is 0.305 e. The molecule has 0 bridgehead atoms. The van der Waals surface area contributed by atoms with E-state index < -0.39 is 12.0 Å². The molecule has 0 aliphatic carbocycles. The average Bonchev–Trinajstić information content (AvgIpc) is 2.15. The third-order valence-corrected chi connectivity index (χ3v) is 2.49. The largest absolute Gasteiger partial charge is 0.481 e. The van der Waals surface area contributed by atoms with Crippen LogP contribution in [0.2, 0.25) is 0 Å². The SMILES string of the molecule is CCN(CCC(=O)O)C(=O)[C@@H](N)C(C)(C)C. The molecule has 0 fully saturated rings. The average molecular weight is 230 g/mol. The molecule has 0 aromatic carbocycles. The van der Waals surface area contributed by atoms with Crippen molar-refractivity contribution in [1.82, 2.24) is 4.90 Å². The summed E-state index contributed by atoms with van der Waals surface area (Å²) >= 11 is 0. The molecule has 94 valence electrons. The lowest BCUT2D eigenvalue weighted by Gasteiger charge is -2.31. The maximum absolute atomic E-state index is 11.9. The van der Waals surface area contributed by atoms with Gasteiger partial charge in [-0.05, 0) is 12.3 Å². The highest BCUT2D eigenvalue weighted by Gasteiger charge is 2.30. The predicted octanol–water partition coefficient (Wildman–Crippen LogP) is 0.683. The number of carboxylic acids is 1. The van der Waals surface area contributed by atoms with Gasteiger partial charge in [-0.15, -0.1) is 0 Å². The van der Waals surface area contributed by atoms with E-state index in [1.54, 1.807) is 0 Å². The molecule has 5 heteroatoms. The monoisotopic (exact) mass is 230 g/mol. The molecule has 0 saturated carbocycles. The lowest BCUT2D eigenvalue weighted by molar-refractivity contribution is -0.139. The molecule has 0 rings (SSSR count). The molecule has 5 nitrogen and oxygen atoms in total. The van der Waals surface area contributed by atoms with E-state index >= 15 is 0 Å². The highest BCUT2D eigenvalue weighted by molar-refractivity contribution is 5.82. The van der Waals surface area contributed by atoms with Gasteiger partial charge >= 0.3 is 5.97 Å². The van der Waals surface area contributed by atoms with Crippen molar-refractivity contribution in [3.05, 3.63) is 0 Å². The number of nitrogens with zero attached hydrogens (tertiary/aromatic N) is 1. The van der Waals surface area contributed by atoms with Crippen LogP contribution in [-0.4, -0.2) is 41.0 Å². The Kier molecular flexibility index (Phi) is 5.44. The van der Waals surface area contributed by atoms with Crippen LogP contribution in [0.5, 0.6) is 0 Å². The first-order valence-electron chi connectivity index (χ1n) is 5.46. The number of likely N-dealkylation sites (N-methyl/N-ethyl adjacent to an activating group) is 1. The number of amides is 1. The summed E-state index contributed by atoms with van der Waals surface area (Å²) in [6.45, 7) is 8.18. The summed E-state index contributed by atoms with van der Waals surface area (Å²) in [6.07, 6.45) is -0.0452. The standard InChI is InChI=1S/C11H22N2O3/c1-5-13(7-6-8(14)15)10(16)9(12)11(2,3)4/h9H,5-7,12H2,1-4H3,(H,14,15)/t9-/m1/s1. The number of aliphatic carboxylic acids is 1. The summed E-state index contributed by atoms with van der Waals surface area (Å²) in [5, 5.41) is 8.57. The molecule has 0 spiro atoms. The van der Waals surface area contributed by atoms with Crippen molar-refractivity contribution in [3.8, 4) is 0 Å². The first-order chi connectivity index (χ1) is 7.20. The summed E-state index contributed by atoms with van der Waals surface area (Å²) in [7, 11) is 0. The fourth-order valence-electron chi connectivity index (χ4n) is 1.22. The predicted molar refractivity (Wildman–Crippen MR) is 61.9 cm³/mol. The van der Waals surface area contributed by atoms with Gasteiger partial charge in [0.2, 0.25) is 5.91 Å². The molecule has 16 heavy (non-hydrogen) atoms. The summed E-state index contributed by atoms with van der Waals surface area (Å²) in [6, 6.07) is -0.596. The number of carboxylic acid groups (broad SMARTS) is 1. The first-order valence-corrected chi connectivity index (χ1v) is 5.46. The molecular weight excluding hydrogens is 208 g/mol. The Hall–Kier alpha value is -1.10. The fraction of sp³-hybridized carbons (Fsp3) is 0.818. The Labute approximate surface area is 96.6 Å². The van der Waals surface area contributed by atoms with Gasteiger partial charge < -0.3 is 15.7 Å². The quantitative estimate of drug-likeness (QED) is 0.727. The Balaban J connectivity index is 4.47. The first kappa shape index (κ1) is 14.9. The highest BCUT2D eigenvalue weighted by Crippen LogP contribution is 2.19. The lowest BCUT2D eigenvalue weighted by atomic mass is 9.86. The van der Waals surface area contributed by atoms with Crippen molar-refractivity contribution in [2.75, 3.05) is 13.1 Å². The third-order valence-electron chi connectivity index (χ3n) is 2.49. The summed E-state index contributed by atoms with van der Waals surface area (Å²) < 4.78 is 0. The normalized spacial score (nSPS) is 13.3. The zero-order valence-corrected chi connectivity index (χ0v) is 10.5. The van der Waals surface area contributed by atoms with Crippen LogP contribution in [0.25, 0.3) is 0 Å². The number of rotatable bonds is 5. The van der Waals surface area contributed by atoms with Crippen LogP contribution in [0.1, 0.15) is 34.1 Å².